The van der Waals surface area contributed by atoms with Gasteiger partial charge >= 0.3 is 0 Å². The van der Waals surface area contributed by atoms with E-state index in [9.17, 15) is 9.59 Å². The Morgan fingerprint density at radius 1 is 0.550 bits per heavy atom. The number of aliphatic imine (C=N–C) groups is 2. The molecule has 31 heteroatoms. The molecule has 0 radical (unpaired) electrons. The molecule has 7 aliphatic heterocycles. The van der Waals surface area contributed by atoms with Crippen LogP contribution in [0.25, 0.3) is 9.69 Å². The molecular formula is C78H86Cl3N23O5. The van der Waals surface area contributed by atoms with Gasteiger partial charge in [-0.2, -0.15) is 9.97 Å². The van der Waals surface area contributed by atoms with E-state index in [1.165, 1.54) is 39.5 Å². The Labute approximate surface area is 647 Å². The number of halogens is 3. The minimum atomic E-state index is -0.103. The molecule has 10 fully saturated rings. The van der Waals surface area contributed by atoms with Crippen LogP contribution in [0.3, 0.4) is 0 Å². The van der Waals surface area contributed by atoms with Crippen LogP contribution in [0.4, 0.5) is 34.9 Å². The first-order valence-electron chi connectivity index (χ1n) is 36.8. The van der Waals surface area contributed by atoms with E-state index in [4.69, 9.17) is 50.6 Å². The minimum Gasteiger partial charge on any atom is -0.411 e. The van der Waals surface area contributed by atoms with Gasteiger partial charge in [-0.25, -0.2) is 58.0 Å². The molecule has 5 saturated heterocycles. The van der Waals surface area contributed by atoms with Crippen molar-refractivity contribution in [2.75, 3.05) is 85.0 Å². The number of hydrogen-bond acceptors (Lipinski definition) is 24. The predicted octanol–water partition coefficient (Wildman–Crippen LogP) is 10.9. The number of piperidine rings is 5. The number of aryl methyl sites for hydroxylation is 5. The second kappa shape index (κ2) is 32.4. The smallest absolute Gasteiger partial charge is 0.259 e. The summed E-state index contributed by atoms with van der Waals surface area (Å²) in [6.45, 7) is 38.3. The number of nitrogens with zero attached hydrogens (tertiary/aromatic N) is 21. The maximum absolute atomic E-state index is 12.7. The van der Waals surface area contributed by atoms with Crippen molar-refractivity contribution in [3.8, 4) is 0 Å². The monoisotopic (exact) mass is 1530 g/mol. The molecular weight excluding hydrogens is 1450 g/mol. The number of nitrogens with one attached hydrogen (secondary N) is 2. The molecule has 12 aliphatic rings. The Morgan fingerprint density at radius 3 is 1.36 bits per heavy atom. The highest BCUT2D eigenvalue weighted by Gasteiger charge is 2.63. The number of oxime groups is 1. The van der Waals surface area contributed by atoms with Gasteiger partial charge in [0.1, 0.15) is 47.2 Å². The molecule has 0 aromatic carbocycles. The molecule has 9 aromatic heterocycles. The fourth-order valence-electron chi connectivity index (χ4n) is 16.3. The molecule has 0 spiro atoms. The Hall–Kier alpha value is -10.4. The number of H-pyrrole nitrogens is 1. The van der Waals surface area contributed by atoms with Crippen LogP contribution in [-0.2, 0) is 12.4 Å². The summed E-state index contributed by atoms with van der Waals surface area (Å²) in [5.74, 6) is 15.8. The van der Waals surface area contributed by atoms with E-state index in [1.807, 2.05) is 72.4 Å². The third-order valence-electron chi connectivity index (χ3n) is 22.8. The second-order valence-corrected chi connectivity index (χ2v) is 30.9. The lowest BCUT2D eigenvalue weighted by Crippen LogP contribution is -2.25. The van der Waals surface area contributed by atoms with E-state index in [-0.39, 0.29) is 47.8 Å². The number of anilines is 4. The van der Waals surface area contributed by atoms with E-state index >= 15 is 0 Å². The topological polar surface area (TPSA) is 314 Å². The number of aromatic amines is 1. The highest BCUT2D eigenvalue weighted by molar-refractivity contribution is 6.29. The quantitative estimate of drug-likeness (QED) is 0.0286. The van der Waals surface area contributed by atoms with Crippen LogP contribution in [0.1, 0.15) is 99.9 Å². The summed E-state index contributed by atoms with van der Waals surface area (Å²) in [5.41, 5.74) is 6.99. The van der Waals surface area contributed by atoms with Crippen LogP contribution in [-0.4, -0.2) is 166 Å². The van der Waals surface area contributed by atoms with Crippen LogP contribution < -0.4 is 36.0 Å². The zero-order chi connectivity index (χ0) is 75.0. The van der Waals surface area contributed by atoms with Gasteiger partial charge in [0.2, 0.25) is 23.9 Å². The molecule has 16 heterocycles. The first kappa shape index (κ1) is 75.4. The van der Waals surface area contributed by atoms with Crippen LogP contribution in [0.2, 0.25) is 5.15 Å². The van der Waals surface area contributed by atoms with Crippen LogP contribution in [0, 0.1) is 113 Å². The van der Waals surface area contributed by atoms with E-state index in [0.29, 0.717) is 117 Å². The van der Waals surface area contributed by atoms with Crippen LogP contribution in [0.5, 0.6) is 0 Å². The van der Waals surface area contributed by atoms with Gasteiger partial charge in [-0.15, -0.1) is 29.2 Å². The first-order chi connectivity index (χ1) is 52.4. The van der Waals surface area contributed by atoms with Gasteiger partial charge in [0.05, 0.1) is 41.1 Å². The normalized spacial score (nSPS) is 27.8. The summed E-state index contributed by atoms with van der Waals surface area (Å²) >= 11 is 11.2. The lowest BCUT2D eigenvalue weighted by Gasteiger charge is -2.20. The fraction of sp³-hybridized carbons (Fsp3) is 0.462. The average Bonchev–Trinajstić information content (AvgIpc) is 1.58. The number of rotatable bonds is 10. The number of pyridine rings is 5. The third kappa shape index (κ3) is 16.6. The van der Waals surface area contributed by atoms with E-state index < -0.39 is 0 Å². The average molecular weight is 1530 g/mol. The summed E-state index contributed by atoms with van der Waals surface area (Å²) in [5, 5.41) is 23.7. The maximum atomic E-state index is 12.7. The van der Waals surface area contributed by atoms with E-state index in [0.717, 1.165) is 118 Å². The number of fused-ring (bicyclic) bond motifs is 7. The first-order valence-corrected chi connectivity index (χ1v) is 37.7. The summed E-state index contributed by atoms with van der Waals surface area (Å²) in [6.07, 6.45) is 17.4. The second-order valence-electron chi connectivity index (χ2n) is 30.2. The fourth-order valence-corrected chi connectivity index (χ4v) is 16.6. The molecule has 109 heavy (non-hydrogen) atoms. The van der Waals surface area contributed by atoms with Gasteiger partial charge in [-0.1, -0.05) is 66.1 Å². The molecule has 0 bridgehead atoms. The summed E-state index contributed by atoms with van der Waals surface area (Å²) in [7, 11) is 0. The molecule has 5 saturated carbocycles. The van der Waals surface area contributed by atoms with Crippen molar-refractivity contribution in [2.24, 2.45) is 80.2 Å². The summed E-state index contributed by atoms with van der Waals surface area (Å²) in [4.78, 5) is 89.8. The highest BCUT2D eigenvalue weighted by atomic mass is 35.5. The Balaban J connectivity index is 0.000000111. The number of hydrogen-bond donors (Lipinski definition) is 3. The highest BCUT2D eigenvalue weighted by Crippen LogP contribution is 2.59. The SMILES string of the molecule is CC1C=Nc2nc[nH]c(=O)c21.Cc1ccc(Cl)nc1.Cc1ccc(N2C[C@@H]3C(/C=N/O)[C@@H]3C2)nc1.Cc1ccc(N2C[C@@H]3C(c4noc(CCl)n4)[C@@H]3C2)nc1.Cc1ccc(N2C[C@@H]3C(c4noc(Cn5cnc6c(c5=O)C(C)C=N6)n4)[C@@H]3C2)nc1.Cl.[C-]#[N+]C1[C@H]2CN(c3ccc(C)cn3)C[C@@H]12.[C-]#[N+]C1[C@H]2CNC[C@@H]12. The standard InChI is InChI=1S/C21H21N7O2.C14H15ClN4O.C12H15N3O.C12H13N3.C7H7N3O.C6H6ClN.C6H8N2.ClH/c1-11-3-4-15(22-5-11)27-7-13-14(8-27)18(13)20-25-16(30-26-20)9-28-10-24-19-17(21(28)29)12(2)6-23-19;1-8-2-3-11(16-5-8)19-6-9-10(7-19)13(9)14-17-12(4-15)20-18-14;1-8-2-3-12(13-4-8)15-6-10-9(5-14-16)11(10)7-15;1-8-3-4-11(14-5-8)15-6-9-10(7-15)12(9)13-2;1-4-2-8-6-5(4)7(11)10-3-9-6;1-5-2-3-6(7)8-4-5;1-7-6-4-2-8-3-5(4)6;/h3-6,10,12-14,18H,7-9H2,1-2H3;2-3,5,9-10,13H,4,6-7H2,1H3;2-5,9-11,16H,6-7H2,1H3;3-5,9-10,12H,6-7H2,1H3;2-4H,1H3,(H,9,10,11);2-4H,1H3;4-6,8H,2-3H2;1H/b;;14-5+;;;;;/t12?,13-,14+,18?;9-,10+,13?;9?,10-,11+;9-,10+,12?;;;4-,5+,6?;. The number of aromatic nitrogens is 13. The Morgan fingerprint density at radius 2 is 0.963 bits per heavy atom. The van der Waals surface area contributed by atoms with Crippen molar-refractivity contribution in [2.45, 2.75) is 96.6 Å². The summed E-state index contributed by atoms with van der Waals surface area (Å²) < 4.78 is 12.1. The van der Waals surface area contributed by atoms with E-state index in [2.05, 4.69) is 165 Å². The van der Waals surface area contributed by atoms with Crippen molar-refractivity contribution in [3.63, 3.8) is 0 Å². The molecule has 3 N–H and O–H groups in total. The van der Waals surface area contributed by atoms with Crippen molar-refractivity contribution < 1.29 is 14.3 Å². The molecule has 21 rings (SSSR count). The molecule has 564 valence electrons. The van der Waals surface area contributed by atoms with Crippen molar-refractivity contribution in [3.05, 3.63) is 215 Å². The largest absolute Gasteiger partial charge is 0.411 e. The Kier molecular flexibility index (Phi) is 22.4. The maximum Gasteiger partial charge on any atom is 0.259 e. The molecule has 0 amide bonds. The Bertz CT molecular complexity index is 4910. The third-order valence-corrected chi connectivity index (χ3v) is 23.2. The molecule has 9 aromatic rings. The van der Waals surface area contributed by atoms with Gasteiger partial charge in [-0.05, 0) is 128 Å². The van der Waals surface area contributed by atoms with E-state index in [1.54, 1.807) is 30.9 Å². The molecule has 5 aliphatic carbocycles. The predicted molar refractivity (Wildman–Crippen MR) is 418 cm³/mol. The zero-order valence-corrected chi connectivity index (χ0v) is 63.8. The van der Waals surface area contributed by atoms with Crippen molar-refractivity contribution in [1.29, 1.82) is 0 Å². The lowest BCUT2D eigenvalue weighted by molar-refractivity contribution is 0.319. The van der Waals surface area contributed by atoms with Crippen molar-refractivity contribution >= 4 is 89.2 Å². The van der Waals surface area contributed by atoms with Gasteiger partial charge in [0.25, 0.3) is 11.1 Å². The van der Waals surface area contributed by atoms with Crippen LogP contribution >= 0.6 is 35.6 Å². The van der Waals surface area contributed by atoms with Gasteiger partial charge in [0.15, 0.2) is 23.3 Å². The lowest BCUT2D eigenvalue weighted by atomic mass is 10.1. The zero-order valence-electron chi connectivity index (χ0n) is 61.5. The molecule has 7 unspecified atom stereocenters. The molecule has 17 atom stereocenters. The summed E-state index contributed by atoms with van der Waals surface area (Å²) in [6, 6.07) is 21.1. The number of alkyl halides is 1. The minimum absolute atomic E-state index is 0. The van der Waals surface area contributed by atoms with Crippen molar-refractivity contribution in [1.82, 2.24) is 70.0 Å². The van der Waals surface area contributed by atoms with Gasteiger partial charge in [0, 0.05) is 145 Å². The van der Waals surface area contributed by atoms with Crippen LogP contribution in [0.15, 0.2) is 138 Å². The van der Waals surface area contributed by atoms with Gasteiger partial charge in [-0.3, -0.25) is 14.2 Å². The molecule has 28 nitrogen and oxygen atoms in total. The van der Waals surface area contributed by atoms with Gasteiger partial charge < -0.3 is 53.8 Å².